The van der Waals surface area contributed by atoms with Crippen LogP contribution < -0.4 is 0 Å². The van der Waals surface area contributed by atoms with E-state index in [1.54, 1.807) is 0 Å². The van der Waals surface area contributed by atoms with Crippen LogP contribution in [0.5, 0.6) is 0 Å². The number of esters is 1. The zero-order valence-corrected chi connectivity index (χ0v) is 9.38. The third kappa shape index (κ3) is 2.12. The van der Waals surface area contributed by atoms with Crippen LogP contribution in [0.1, 0.15) is 19.8 Å². The number of ether oxygens (including phenoxy) is 1. The number of carbonyl (C=O) groups is 1. The Morgan fingerprint density at radius 2 is 2.40 bits per heavy atom. The number of carbonyl (C=O) groups excluding carboxylic acids is 1. The van der Waals surface area contributed by atoms with Crippen LogP contribution in [0.25, 0.3) is 0 Å². The summed E-state index contributed by atoms with van der Waals surface area (Å²) in [5.41, 5.74) is 3.58. The van der Waals surface area contributed by atoms with Gasteiger partial charge in [-0.3, -0.25) is 0 Å². The normalized spacial score (nSPS) is 21.3. The molecule has 1 heterocycles. The number of allylic oxidation sites excluding steroid dienone is 1. The van der Waals surface area contributed by atoms with E-state index in [4.69, 9.17) is 4.74 Å². The van der Waals surface area contributed by atoms with E-state index in [0.29, 0.717) is 6.61 Å². The molecule has 0 N–H and O–H groups in total. The van der Waals surface area contributed by atoms with Gasteiger partial charge in [0.15, 0.2) is 0 Å². The standard InChI is InChI=1S/C12H17NO2/c1-3-15-12(14)10-6-9-4-5-13(2)8-11(9)7-10/h6H,3-5,7-8H2,1-2H3. The highest BCUT2D eigenvalue weighted by Gasteiger charge is 2.25. The van der Waals surface area contributed by atoms with E-state index < -0.39 is 0 Å². The van der Waals surface area contributed by atoms with Crippen LogP contribution in [0.2, 0.25) is 0 Å². The number of hydrogen-bond donors (Lipinski definition) is 0. The van der Waals surface area contributed by atoms with Crippen molar-refractivity contribution >= 4 is 5.97 Å². The summed E-state index contributed by atoms with van der Waals surface area (Å²) in [6.45, 7) is 4.38. The van der Waals surface area contributed by atoms with Crippen LogP contribution in [0.4, 0.5) is 0 Å². The number of nitrogens with zero attached hydrogens (tertiary/aromatic N) is 1. The summed E-state index contributed by atoms with van der Waals surface area (Å²) in [4.78, 5) is 13.8. The largest absolute Gasteiger partial charge is 0.463 e. The molecule has 0 fully saturated rings. The Labute approximate surface area is 90.4 Å². The Kier molecular flexibility index (Phi) is 2.91. The predicted molar refractivity (Wildman–Crippen MR) is 58.5 cm³/mol. The third-order valence-corrected chi connectivity index (χ3v) is 2.97. The first kappa shape index (κ1) is 10.4. The smallest absolute Gasteiger partial charge is 0.334 e. The summed E-state index contributed by atoms with van der Waals surface area (Å²) in [5.74, 6) is -0.144. The van der Waals surface area contributed by atoms with Crippen LogP contribution in [0, 0.1) is 0 Å². The van der Waals surface area contributed by atoms with Gasteiger partial charge in [-0.15, -0.1) is 0 Å². The Morgan fingerprint density at radius 3 is 3.13 bits per heavy atom. The molecular formula is C12H17NO2. The lowest BCUT2D eigenvalue weighted by Crippen LogP contribution is -2.26. The second-order valence-corrected chi connectivity index (χ2v) is 4.18. The molecule has 0 saturated carbocycles. The molecule has 1 aliphatic heterocycles. The minimum atomic E-state index is -0.144. The van der Waals surface area contributed by atoms with Crippen molar-refractivity contribution in [2.24, 2.45) is 0 Å². The Balaban J connectivity index is 2.03. The molecule has 3 heteroatoms. The molecule has 0 bridgehead atoms. The van der Waals surface area contributed by atoms with Crippen molar-refractivity contribution in [3.8, 4) is 0 Å². The molecule has 0 unspecified atom stereocenters. The third-order valence-electron chi connectivity index (χ3n) is 2.97. The lowest BCUT2D eigenvalue weighted by atomic mass is 10.0. The minimum Gasteiger partial charge on any atom is -0.463 e. The van der Waals surface area contributed by atoms with Crippen molar-refractivity contribution < 1.29 is 9.53 Å². The first-order valence-corrected chi connectivity index (χ1v) is 5.48. The van der Waals surface area contributed by atoms with E-state index in [0.717, 1.165) is 31.5 Å². The molecule has 3 nitrogen and oxygen atoms in total. The topological polar surface area (TPSA) is 29.5 Å². The lowest BCUT2D eigenvalue weighted by Gasteiger charge is -2.23. The highest BCUT2D eigenvalue weighted by atomic mass is 16.5. The zero-order valence-electron chi connectivity index (χ0n) is 9.38. The highest BCUT2D eigenvalue weighted by molar-refractivity contribution is 5.90. The van der Waals surface area contributed by atoms with Crippen LogP contribution in [-0.2, 0) is 9.53 Å². The minimum absolute atomic E-state index is 0.144. The fourth-order valence-electron chi connectivity index (χ4n) is 2.18. The molecule has 0 spiro atoms. The zero-order chi connectivity index (χ0) is 10.8. The van der Waals surface area contributed by atoms with E-state index in [-0.39, 0.29) is 5.97 Å². The van der Waals surface area contributed by atoms with Crippen LogP contribution in [0.15, 0.2) is 22.8 Å². The molecule has 1 aliphatic carbocycles. The summed E-state index contributed by atoms with van der Waals surface area (Å²) >= 11 is 0. The van der Waals surface area contributed by atoms with Crippen LogP contribution in [-0.4, -0.2) is 37.6 Å². The molecular weight excluding hydrogens is 190 g/mol. The molecule has 0 amide bonds. The second-order valence-electron chi connectivity index (χ2n) is 4.18. The molecule has 0 aromatic rings. The van der Waals surface area contributed by atoms with E-state index in [9.17, 15) is 4.79 Å². The van der Waals surface area contributed by atoms with E-state index in [1.807, 2.05) is 13.0 Å². The van der Waals surface area contributed by atoms with Gasteiger partial charge >= 0.3 is 5.97 Å². The fraction of sp³-hybridized carbons (Fsp3) is 0.583. The van der Waals surface area contributed by atoms with Crippen molar-refractivity contribution in [3.63, 3.8) is 0 Å². The van der Waals surface area contributed by atoms with E-state index in [1.165, 1.54) is 11.1 Å². The molecule has 2 aliphatic rings. The van der Waals surface area contributed by atoms with Gasteiger partial charge in [-0.2, -0.15) is 0 Å². The molecule has 0 aromatic carbocycles. The predicted octanol–water partition coefficient (Wildman–Crippen LogP) is 1.51. The number of rotatable bonds is 2. The highest BCUT2D eigenvalue weighted by Crippen LogP contribution is 2.31. The average Bonchev–Trinajstić information content (AvgIpc) is 2.60. The maximum absolute atomic E-state index is 11.5. The van der Waals surface area contributed by atoms with Gasteiger partial charge < -0.3 is 9.64 Å². The monoisotopic (exact) mass is 207 g/mol. The van der Waals surface area contributed by atoms with Crippen LogP contribution >= 0.6 is 0 Å². The molecule has 2 rings (SSSR count). The van der Waals surface area contributed by atoms with Crippen molar-refractivity contribution in [2.75, 3.05) is 26.7 Å². The Morgan fingerprint density at radius 1 is 1.60 bits per heavy atom. The first-order valence-electron chi connectivity index (χ1n) is 5.48. The summed E-state index contributed by atoms with van der Waals surface area (Å²) in [6.07, 6.45) is 3.88. The quantitative estimate of drug-likeness (QED) is 0.643. The number of likely N-dealkylation sites (N-methyl/N-ethyl adjacent to an activating group) is 1. The molecule has 15 heavy (non-hydrogen) atoms. The maximum atomic E-state index is 11.5. The molecule has 0 radical (unpaired) electrons. The van der Waals surface area contributed by atoms with Gasteiger partial charge in [-0.1, -0.05) is 0 Å². The van der Waals surface area contributed by atoms with Crippen molar-refractivity contribution in [2.45, 2.75) is 19.8 Å². The Hall–Kier alpha value is -1.09. The molecule has 0 atom stereocenters. The number of hydrogen-bond acceptors (Lipinski definition) is 3. The van der Waals surface area contributed by atoms with E-state index >= 15 is 0 Å². The van der Waals surface area contributed by atoms with Gasteiger partial charge in [0.25, 0.3) is 0 Å². The average molecular weight is 207 g/mol. The van der Waals surface area contributed by atoms with Gasteiger partial charge in [0.1, 0.15) is 0 Å². The van der Waals surface area contributed by atoms with Gasteiger partial charge in [-0.25, -0.2) is 4.79 Å². The van der Waals surface area contributed by atoms with Gasteiger partial charge in [0.2, 0.25) is 0 Å². The molecule has 0 aromatic heterocycles. The van der Waals surface area contributed by atoms with Gasteiger partial charge in [0.05, 0.1) is 6.61 Å². The SMILES string of the molecule is CCOC(=O)C1=CC2=C(C1)CN(C)CC2. The van der Waals surface area contributed by atoms with Crippen molar-refractivity contribution in [1.82, 2.24) is 4.90 Å². The fourth-order valence-corrected chi connectivity index (χ4v) is 2.18. The summed E-state index contributed by atoms with van der Waals surface area (Å²) < 4.78 is 5.01. The van der Waals surface area contributed by atoms with Crippen molar-refractivity contribution in [1.29, 1.82) is 0 Å². The Bertz CT molecular complexity index is 342. The summed E-state index contributed by atoms with van der Waals surface area (Å²) in [5, 5.41) is 0. The van der Waals surface area contributed by atoms with Crippen LogP contribution in [0.3, 0.4) is 0 Å². The summed E-state index contributed by atoms with van der Waals surface area (Å²) in [6, 6.07) is 0. The van der Waals surface area contributed by atoms with Gasteiger partial charge in [0, 0.05) is 25.1 Å². The van der Waals surface area contributed by atoms with E-state index in [2.05, 4.69) is 11.9 Å². The molecule has 82 valence electrons. The van der Waals surface area contributed by atoms with Gasteiger partial charge in [-0.05, 0) is 37.6 Å². The molecule has 0 saturated heterocycles. The second kappa shape index (κ2) is 4.19. The lowest BCUT2D eigenvalue weighted by molar-refractivity contribution is -0.138. The summed E-state index contributed by atoms with van der Waals surface area (Å²) in [7, 11) is 2.12. The van der Waals surface area contributed by atoms with Crippen molar-refractivity contribution in [3.05, 3.63) is 22.8 Å². The maximum Gasteiger partial charge on any atom is 0.334 e. The first-order chi connectivity index (χ1) is 7.20.